The summed E-state index contributed by atoms with van der Waals surface area (Å²) < 4.78 is 43.3. The number of ether oxygens (including phenoxy) is 7. The van der Waals surface area contributed by atoms with Crippen LogP contribution in [0.15, 0.2) is 12.2 Å². The molecule has 37 heavy (non-hydrogen) atoms. The summed E-state index contributed by atoms with van der Waals surface area (Å²) in [6.45, 7) is 4.51. The Kier molecular flexibility index (Phi) is 8.56. The van der Waals surface area contributed by atoms with Crippen molar-refractivity contribution in [3.63, 3.8) is 0 Å². The van der Waals surface area contributed by atoms with Crippen molar-refractivity contribution in [1.29, 1.82) is 0 Å². The minimum atomic E-state index is -0.673. The third kappa shape index (κ3) is 6.22. The summed E-state index contributed by atoms with van der Waals surface area (Å²) in [5.41, 5.74) is 0.222. The van der Waals surface area contributed by atoms with Gasteiger partial charge >= 0.3 is 11.9 Å². The van der Waals surface area contributed by atoms with Crippen LogP contribution in [0, 0.1) is 0 Å². The summed E-state index contributed by atoms with van der Waals surface area (Å²) in [4.78, 5) is 23.9. The number of carbonyl (C=O) groups is 2. The van der Waals surface area contributed by atoms with Gasteiger partial charge in [-0.15, -0.1) is 0 Å². The highest BCUT2D eigenvalue weighted by molar-refractivity contribution is 5.88. The smallest absolute Gasteiger partial charge is 0.344 e. The van der Waals surface area contributed by atoms with Crippen LogP contribution in [-0.4, -0.2) is 67.4 Å². The lowest BCUT2D eigenvalue weighted by atomic mass is 9.95. The van der Waals surface area contributed by atoms with Gasteiger partial charge in [0.2, 0.25) is 0 Å². The van der Waals surface area contributed by atoms with Crippen LogP contribution in [0.2, 0.25) is 0 Å². The van der Waals surface area contributed by atoms with Gasteiger partial charge in [0.25, 0.3) is 0 Å². The molecule has 5 fully saturated rings. The van der Waals surface area contributed by atoms with Crippen molar-refractivity contribution in [2.24, 2.45) is 0 Å². The average molecular weight is 523 g/mol. The van der Waals surface area contributed by atoms with Gasteiger partial charge in [0.1, 0.15) is 31.0 Å². The summed E-state index contributed by atoms with van der Waals surface area (Å²) in [5, 5.41) is 0. The van der Waals surface area contributed by atoms with Crippen molar-refractivity contribution in [2.45, 2.75) is 139 Å². The molecule has 0 N–H and O–H groups in total. The van der Waals surface area contributed by atoms with Crippen LogP contribution in [-0.2, 0) is 42.7 Å². The first-order valence-electron chi connectivity index (χ1n) is 14.2. The predicted molar refractivity (Wildman–Crippen MR) is 131 cm³/mol. The summed E-state index contributed by atoms with van der Waals surface area (Å²) in [7, 11) is 0. The number of esters is 2. The van der Waals surface area contributed by atoms with Gasteiger partial charge in [-0.3, -0.25) is 0 Å². The summed E-state index contributed by atoms with van der Waals surface area (Å²) in [5.74, 6) is -2.62. The van der Waals surface area contributed by atoms with Crippen LogP contribution in [0.25, 0.3) is 0 Å². The topological polar surface area (TPSA) is 98.8 Å². The van der Waals surface area contributed by atoms with Gasteiger partial charge in [-0.05, 0) is 32.6 Å². The number of hydrogen-bond donors (Lipinski definition) is 0. The Hall–Kier alpha value is -1.52. The standard InChI is InChI=1S/C28H42O9/c1-19(2)25(30)32-18-21(29)31-17-20-22-23(35-27(34-22)13-9-5-3-6-10-14-27)24-26(33-20)37-28(36-24)15-11-7-4-8-12-16-28/h20,22-24,26H,1,3-18H2,2H3/t20-,22+,23+,24-,26-/m1/s1. The highest BCUT2D eigenvalue weighted by Crippen LogP contribution is 2.50. The molecule has 9 heteroatoms. The van der Waals surface area contributed by atoms with Crippen molar-refractivity contribution in [1.82, 2.24) is 0 Å². The second-order valence-electron chi connectivity index (χ2n) is 11.3. The molecule has 3 saturated heterocycles. The zero-order valence-electron chi connectivity index (χ0n) is 22.1. The van der Waals surface area contributed by atoms with Crippen LogP contribution >= 0.6 is 0 Å². The molecule has 9 nitrogen and oxygen atoms in total. The monoisotopic (exact) mass is 522 g/mol. The van der Waals surface area contributed by atoms with Gasteiger partial charge in [0, 0.05) is 31.3 Å². The van der Waals surface area contributed by atoms with E-state index in [2.05, 4.69) is 6.58 Å². The molecule has 0 radical (unpaired) electrons. The van der Waals surface area contributed by atoms with Crippen molar-refractivity contribution in [3.8, 4) is 0 Å². The molecular formula is C28H42O9. The largest absolute Gasteiger partial charge is 0.460 e. The van der Waals surface area contributed by atoms with Gasteiger partial charge in [-0.2, -0.15) is 0 Å². The Bertz CT molecular complexity index is 826. The highest BCUT2D eigenvalue weighted by Gasteiger charge is 2.63. The van der Waals surface area contributed by atoms with E-state index in [1.165, 1.54) is 45.4 Å². The number of rotatable bonds is 5. The molecule has 0 aromatic carbocycles. The Morgan fingerprint density at radius 1 is 0.730 bits per heavy atom. The van der Waals surface area contributed by atoms with E-state index in [-0.39, 0.29) is 18.3 Å². The minimum Gasteiger partial charge on any atom is -0.460 e. The molecule has 0 amide bonds. The van der Waals surface area contributed by atoms with Gasteiger partial charge in [0.05, 0.1) is 0 Å². The maximum absolute atomic E-state index is 12.3. The van der Waals surface area contributed by atoms with Crippen LogP contribution < -0.4 is 0 Å². The van der Waals surface area contributed by atoms with E-state index in [0.717, 1.165) is 51.4 Å². The number of fused-ring (bicyclic) bond motifs is 3. The molecule has 0 aromatic rings. The molecule has 0 aromatic heterocycles. The molecule has 5 rings (SSSR count). The first-order valence-corrected chi connectivity index (χ1v) is 14.2. The lowest BCUT2D eigenvalue weighted by Crippen LogP contribution is -2.56. The molecule has 208 valence electrons. The molecule has 2 saturated carbocycles. The van der Waals surface area contributed by atoms with Crippen LogP contribution in [0.3, 0.4) is 0 Å². The quantitative estimate of drug-likeness (QED) is 0.383. The van der Waals surface area contributed by atoms with Gasteiger partial charge in [-0.25, -0.2) is 9.59 Å². The lowest BCUT2D eigenvalue weighted by Gasteiger charge is -2.36. The molecule has 5 aliphatic rings. The fourth-order valence-electron chi connectivity index (χ4n) is 6.34. The lowest BCUT2D eigenvalue weighted by molar-refractivity contribution is -0.253. The first-order chi connectivity index (χ1) is 17.9. The van der Waals surface area contributed by atoms with Gasteiger partial charge in [0.15, 0.2) is 24.5 Å². The predicted octanol–water partition coefficient (Wildman–Crippen LogP) is 4.45. The third-order valence-electron chi connectivity index (χ3n) is 8.28. The molecular weight excluding hydrogens is 480 g/mol. The average Bonchev–Trinajstić information content (AvgIpc) is 3.41. The molecule has 3 heterocycles. The highest BCUT2D eigenvalue weighted by atomic mass is 16.9. The van der Waals surface area contributed by atoms with E-state index >= 15 is 0 Å². The Labute approximate surface area is 219 Å². The number of hydrogen-bond acceptors (Lipinski definition) is 9. The number of carbonyl (C=O) groups excluding carboxylic acids is 2. The SMILES string of the molecule is C=C(C)C(=O)OCC(=O)OC[C@H]1O[C@@H]2OC3(CCCCCCC3)O[C@@H]2[C@H]2OC3(CCCCCCC3)O[C@H]21. The van der Waals surface area contributed by atoms with E-state index < -0.39 is 54.7 Å². The van der Waals surface area contributed by atoms with Crippen LogP contribution in [0.5, 0.6) is 0 Å². The Morgan fingerprint density at radius 3 is 1.84 bits per heavy atom. The van der Waals surface area contributed by atoms with E-state index in [9.17, 15) is 9.59 Å². The summed E-state index contributed by atoms with van der Waals surface area (Å²) >= 11 is 0. The molecule has 2 spiro atoms. The molecule has 0 bridgehead atoms. The van der Waals surface area contributed by atoms with Crippen molar-refractivity contribution >= 4 is 11.9 Å². The molecule has 0 unspecified atom stereocenters. The van der Waals surface area contributed by atoms with Crippen molar-refractivity contribution in [2.75, 3.05) is 13.2 Å². The summed E-state index contributed by atoms with van der Waals surface area (Å²) in [6, 6.07) is 0. The van der Waals surface area contributed by atoms with Crippen LogP contribution in [0.4, 0.5) is 0 Å². The second kappa shape index (κ2) is 11.7. The zero-order chi connectivity index (χ0) is 25.9. The third-order valence-corrected chi connectivity index (χ3v) is 8.28. The van der Waals surface area contributed by atoms with Crippen molar-refractivity contribution in [3.05, 3.63) is 12.2 Å². The Morgan fingerprint density at radius 2 is 1.24 bits per heavy atom. The fourth-order valence-corrected chi connectivity index (χ4v) is 6.34. The normalized spacial score (nSPS) is 34.9. The van der Waals surface area contributed by atoms with Crippen molar-refractivity contribution < 1.29 is 42.7 Å². The van der Waals surface area contributed by atoms with Crippen LogP contribution in [0.1, 0.15) is 96.8 Å². The van der Waals surface area contributed by atoms with E-state index in [0.29, 0.717) is 0 Å². The molecule has 3 aliphatic heterocycles. The zero-order valence-corrected chi connectivity index (χ0v) is 22.1. The maximum atomic E-state index is 12.3. The molecule has 2 aliphatic carbocycles. The first kappa shape index (κ1) is 27.1. The molecule has 5 atom stereocenters. The fraction of sp³-hybridized carbons (Fsp3) is 0.857. The van der Waals surface area contributed by atoms with E-state index in [1.54, 1.807) is 0 Å². The van der Waals surface area contributed by atoms with Gasteiger partial charge in [-0.1, -0.05) is 45.1 Å². The Balaban J connectivity index is 1.29. The minimum absolute atomic E-state index is 0.0519. The summed E-state index contributed by atoms with van der Waals surface area (Å²) in [6.07, 6.45) is 12.3. The van der Waals surface area contributed by atoms with E-state index in [4.69, 9.17) is 33.2 Å². The second-order valence-corrected chi connectivity index (χ2v) is 11.3. The maximum Gasteiger partial charge on any atom is 0.344 e. The van der Waals surface area contributed by atoms with Gasteiger partial charge < -0.3 is 33.2 Å². The van der Waals surface area contributed by atoms with E-state index in [1.807, 2.05) is 0 Å².